The monoisotopic (exact) mass is 405 g/mol. The normalized spacial score (nSPS) is 11.7. The zero-order chi connectivity index (χ0) is 20.1. The minimum absolute atomic E-state index is 0.105. The summed E-state index contributed by atoms with van der Waals surface area (Å²) in [6.07, 6.45) is 0. The third-order valence-electron chi connectivity index (χ3n) is 3.13. The Balaban J connectivity index is 1.81. The van der Waals surface area contributed by atoms with E-state index in [1.807, 2.05) is 0 Å². The lowest BCUT2D eigenvalue weighted by Crippen LogP contribution is -2.29. The number of sulfonamides is 1. The van der Waals surface area contributed by atoms with Crippen molar-refractivity contribution >= 4 is 21.7 Å². The molecule has 146 valence electrons. The molecule has 11 heteroatoms. The van der Waals surface area contributed by atoms with Crippen molar-refractivity contribution in [2.24, 2.45) is 0 Å². The van der Waals surface area contributed by atoms with E-state index in [9.17, 15) is 26.4 Å². The summed E-state index contributed by atoms with van der Waals surface area (Å²) in [5.41, 5.74) is -5.53. The highest BCUT2D eigenvalue weighted by Crippen LogP contribution is 2.26. The average molecular weight is 405 g/mol. The van der Waals surface area contributed by atoms with E-state index >= 15 is 0 Å². The van der Waals surface area contributed by atoms with Crippen LogP contribution in [0.1, 0.15) is 10.4 Å². The molecular formula is C16H14F3NO6S. The topological polar surface area (TPSA) is 102 Å². The lowest BCUT2D eigenvalue weighted by Gasteiger charge is -2.11. The Morgan fingerprint density at radius 2 is 1.37 bits per heavy atom. The van der Waals surface area contributed by atoms with Crippen molar-refractivity contribution in [3.05, 3.63) is 54.1 Å². The Morgan fingerprint density at radius 1 is 0.926 bits per heavy atom. The van der Waals surface area contributed by atoms with E-state index in [2.05, 4.69) is 0 Å². The SMILES string of the molecule is O=C(O)c1ccc(OCCOc2ccc(NS(=O)(=O)C(F)(F)F)cc2)cc1. The molecule has 0 amide bonds. The molecule has 0 spiro atoms. The molecule has 2 N–H and O–H groups in total. The molecule has 0 saturated heterocycles. The number of nitrogens with one attached hydrogen (secondary N) is 1. The van der Waals surface area contributed by atoms with Crippen molar-refractivity contribution in [1.29, 1.82) is 0 Å². The second-order valence-electron chi connectivity index (χ2n) is 5.10. The summed E-state index contributed by atoms with van der Waals surface area (Å²) in [5, 5.41) is 8.78. The number of aromatic carboxylic acids is 1. The van der Waals surface area contributed by atoms with Gasteiger partial charge in [-0.3, -0.25) is 4.72 Å². The second kappa shape index (κ2) is 8.16. The van der Waals surface area contributed by atoms with E-state index in [-0.39, 0.29) is 24.5 Å². The van der Waals surface area contributed by atoms with Crippen molar-refractivity contribution in [3.8, 4) is 11.5 Å². The van der Waals surface area contributed by atoms with Crippen LogP contribution in [0.3, 0.4) is 0 Å². The number of hydrogen-bond donors (Lipinski definition) is 2. The molecule has 0 fully saturated rings. The molecule has 2 aromatic carbocycles. The van der Waals surface area contributed by atoms with Gasteiger partial charge in [-0.15, -0.1) is 0 Å². The smallest absolute Gasteiger partial charge is 0.490 e. The van der Waals surface area contributed by atoms with E-state index in [1.165, 1.54) is 41.1 Å². The van der Waals surface area contributed by atoms with Gasteiger partial charge in [0.05, 0.1) is 5.56 Å². The van der Waals surface area contributed by atoms with Gasteiger partial charge in [-0.25, -0.2) is 4.79 Å². The van der Waals surface area contributed by atoms with E-state index in [0.717, 1.165) is 12.1 Å². The molecule has 0 aromatic heterocycles. The Kier molecular flexibility index (Phi) is 6.16. The highest BCUT2D eigenvalue weighted by Gasteiger charge is 2.45. The van der Waals surface area contributed by atoms with Gasteiger partial charge in [0.2, 0.25) is 0 Å². The first kappa shape index (κ1) is 20.4. The number of anilines is 1. The number of halogens is 3. The number of hydrogen-bond acceptors (Lipinski definition) is 5. The molecule has 27 heavy (non-hydrogen) atoms. The highest BCUT2D eigenvalue weighted by molar-refractivity contribution is 7.93. The van der Waals surface area contributed by atoms with Crippen molar-refractivity contribution in [3.63, 3.8) is 0 Å². The molecular weight excluding hydrogens is 391 g/mol. The zero-order valence-corrected chi connectivity index (χ0v) is 14.4. The fourth-order valence-electron chi connectivity index (χ4n) is 1.84. The van der Waals surface area contributed by atoms with Crippen molar-refractivity contribution in [1.82, 2.24) is 0 Å². The third-order valence-corrected chi connectivity index (χ3v) is 4.25. The van der Waals surface area contributed by atoms with E-state index < -0.39 is 21.5 Å². The molecule has 0 unspecified atom stereocenters. The number of carboxylic acid groups (broad SMARTS) is 1. The molecule has 0 aliphatic heterocycles. The van der Waals surface area contributed by atoms with Crippen LogP contribution in [0.2, 0.25) is 0 Å². The van der Waals surface area contributed by atoms with Gasteiger partial charge in [-0.1, -0.05) is 0 Å². The van der Waals surface area contributed by atoms with Gasteiger partial charge in [0.1, 0.15) is 24.7 Å². The summed E-state index contributed by atoms with van der Waals surface area (Å²) in [7, 11) is -5.47. The maximum Gasteiger partial charge on any atom is 0.516 e. The van der Waals surface area contributed by atoms with Crippen LogP contribution in [0.25, 0.3) is 0 Å². The first-order valence-corrected chi connectivity index (χ1v) is 8.85. The maximum atomic E-state index is 12.3. The van der Waals surface area contributed by atoms with Gasteiger partial charge < -0.3 is 14.6 Å². The van der Waals surface area contributed by atoms with Gasteiger partial charge in [0.15, 0.2) is 0 Å². The fourth-order valence-corrected chi connectivity index (χ4v) is 2.41. The number of rotatable bonds is 8. The molecule has 0 aliphatic rings. The molecule has 2 aromatic rings. The van der Waals surface area contributed by atoms with Gasteiger partial charge in [0, 0.05) is 5.69 Å². The molecule has 2 rings (SSSR count). The molecule has 0 heterocycles. The maximum absolute atomic E-state index is 12.3. The van der Waals surface area contributed by atoms with Crippen LogP contribution >= 0.6 is 0 Å². The number of ether oxygens (including phenoxy) is 2. The van der Waals surface area contributed by atoms with Crippen LogP contribution in [-0.4, -0.2) is 38.2 Å². The van der Waals surface area contributed by atoms with Crippen molar-refractivity contribution in [2.75, 3.05) is 17.9 Å². The van der Waals surface area contributed by atoms with Crippen LogP contribution < -0.4 is 14.2 Å². The average Bonchev–Trinajstić information content (AvgIpc) is 2.59. The third kappa shape index (κ3) is 5.78. The summed E-state index contributed by atoms with van der Waals surface area (Å²) in [6, 6.07) is 10.6. The van der Waals surface area contributed by atoms with Gasteiger partial charge in [0.25, 0.3) is 0 Å². The summed E-state index contributed by atoms with van der Waals surface area (Å²) in [5.74, 6) is -0.304. The first-order chi connectivity index (χ1) is 12.6. The predicted molar refractivity (Wildman–Crippen MR) is 89.4 cm³/mol. The standard InChI is InChI=1S/C16H14F3NO6S/c17-16(18,19)27(23,24)20-12-3-7-14(8-4-12)26-10-9-25-13-5-1-11(2-6-13)15(21)22/h1-8,20H,9-10H2,(H,21,22). The van der Waals surface area contributed by atoms with E-state index in [1.54, 1.807) is 0 Å². The van der Waals surface area contributed by atoms with Crippen molar-refractivity contribution < 1.29 is 41.0 Å². The molecule has 0 saturated carbocycles. The molecule has 0 radical (unpaired) electrons. The number of benzene rings is 2. The fraction of sp³-hybridized carbons (Fsp3) is 0.188. The molecule has 0 atom stereocenters. The van der Waals surface area contributed by atoms with Crippen LogP contribution in [-0.2, 0) is 10.0 Å². The second-order valence-corrected chi connectivity index (χ2v) is 6.78. The lowest BCUT2D eigenvalue weighted by molar-refractivity contribution is -0.0429. The molecule has 7 nitrogen and oxygen atoms in total. The van der Waals surface area contributed by atoms with Crippen LogP contribution in [0.15, 0.2) is 48.5 Å². The van der Waals surface area contributed by atoms with Crippen molar-refractivity contribution in [2.45, 2.75) is 5.51 Å². The Hall–Kier alpha value is -2.95. The Morgan fingerprint density at radius 3 is 1.78 bits per heavy atom. The zero-order valence-electron chi connectivity index (χ0n) is 13.6. The summed E-state index contributed by atoms with van der Waals surface area (Å²) in [4.78, 5) is 10.7. The largest absolute Gasteiger partial charge is 0.516 e. The van der Waals surface area contributed by atoms with Gasteiger partial charge in [-0.05, 0) is 48.5 Å². The molecule has 0 bridgehead atoms. The summed E-state index contributed by atoms with van der Waals surface area (Å²) >= 11 is 0. The summed E-state index contributed by atoms with van der Waals surface area (Å²) in [6.45, 7) is 0.239. The predicted octanol–water partition coefficient (Wildman–Crippen LogP) is 3.10. The summed E-state index contributed by atoms with van der Waals surface area (Å²) < 4.78 is 70.9. The van der Waals surface area contributed by atoms with E-state index in [4.69, 9.17) is 14.6 Å². The Labute approximate surface area is 152 Å². The van der Waals surface area contributed by atoms with Crippen LogP contribution in [0, 0.1) is 0 Å². The lowest BCUT2D eigenvalue weighted by atomic mass is 10.2. The van der Waals surface area contributed by atoms with Crippen LogP contribution in [0.5, 0.6) is 11.5 Å². The van der Waals surface area contributed by atoms with Gasteiger partial charge >= 0.3 is 21.5 Å². The van der Waals surface area contributed by atoms with Crippen LogP contribution in [0.4, 0.5) is 18.9 Å². The minimum Gasteiger partial charge on any atom is -0.490 e. The number of carboxylic acids is 1. The van der Waals surface area contributed by atoms with Gasteiger partial charge in [-0.2, -0.15) is 21.6 Å². The van der Waals surface area contributed by atoms with E-state index in [0.29, 0.717) is 11.5 Å². The number of carbonyl (C=O) groups is 1. The quantitative estimate of drug-likeness (QED) is 0.655. The number of alkyl halides is 3. The first-order valence-electron chi connectivity index (χ1n) is 7.36. The minimum atomic E-state index is -5.47. The highest BCUT2D eigenvalue weighted by atomic mass is 32.2. The Bertz CT molecular complexity index is 880. The molecule has 0 aliphatic carbocycles.